The van der Waals surface area contributed by atoms with E-state index in [0.29, 0.717) is 25.0 Å². The maximum absolute atomic E-state index is 14.3. The fourth-order valence-electron chi connectivity index (χ4n) is 6.68. The minimum atomic E-state index is -1.33. The van der Waals surface area contributed by atoms with Crippen LogP contribution in [0.2, 0.25) is 0 Å². The zero-order valence-electron chi connectivity index (χ0n) is 33.7. The number of hydrogen-bond donors (Lipinski definition) is 11. The molecule has 0 aromatic carbocycles. The second kappa shape index (κ2) is 25.2. The van der Waals surface area contributed by atoms with Crippen molar-refractivity contribution in [3.63, 3.8) is 0 Å². The van der Waals surface area contributed by atoms with Gasteiger partial charge in [-0.2, -0.15) is 11.8 Å². The van der Waals surface area contributed by atoms with Crippen LogP contribution in [0.1, 0.15) is 77.6 Å². The lowest BCUT2D eigenvalue weighted by Crippen LogP contribution is -2.59. The average Bonchev–Trinajstić information content (AvgIpc) is 3.87. The van der Waals surface area contributed by atoms with Gasteiger partial charge in [0.1, 0.15) is 36.3 Å². The third-order valence-corrected chi connectivity index (χ3v) is 10.4. The SMILES string of the molecule is CSCC[C@H](NC(=O)[C@H](CCC(N)=O)NC(=O)[C@@H]1CCCN1C(=O)[C@@H]1CCCN1C(=O)[C@H](CCCN=C(N)N)NC(=O)[C@H](CCCN=C(N)N)NC(=O)[C@H](C)N)C(=O)O. The monoisotopic (exact) mass is 854 g/mol. The van der Waals surface area contributed by atoms with E-state index in [1.807, 2.05) is 0 Å². The Hall–Kier alpha value is -5.39. The maximum Gasteiger partial charge on any atom is 0.326 e. The number of primary amides is 1. The highest BCUT2D eigenvalue weighted by molar-refractivity contribution is 7.98. The van der Waals surface area contributed by atoms with Crippen molar-refractivity contribution in [2.24, 2.45) is 44.4 Å². The quantitative estimate of drug-likeness (QED) is 0.0234. The van der Waals surface area contributed by atoms with E-state index in [1.54, 1.807) is 6.26 Å². The van der Waals surface area contributed by atoms with Gasteiger partial charge >= 0.3 is 5.97 Å². The molecule has 2 saturated heterocycles. The van der Waals surface area contributed by atoms with Crippen LogP contribution < -0.4 is 55.7 Å². The van der Waals surface area contributed by atoms with E-state index in [1.165, 1.54) is 28.5 Å². The zero-order valence-corrected chi connectivity index (χ0v) is 34.5. The largest absolute Gasteiger partial charge is 0.480 e. The Kier molecular flexibility index (Phi) is 21.2. The zero-order chi connectivity index (χ0) is 44.2. The van der Waals surface area contributed by atoms with Crippen LogP contribution in [0.25, 0.3) is 0 Å². The number of amides is 7. The van der Waals surface area contributed by atoms with E-state index in [0.717, 1.165) is 0 Å². The molecule has 0 aromatic rings. The van der Waals surface area contributed by atoms with Crippen LogP contribution in [0.3, 0.4) is 0 Å². The van der Waals surface area contributed by atoms with Crippen molar-refractivity contribution in [2.75, 3.05) is 38.2 Å². The summed E-state index contributed by atoms with van der Waals surface area (Å²) in [4.78, 5) is 116. The molecule has 17 N–H and O–H groups in total. The number of carboxylic acid groups (broad SMARTS) is 1. The van der Waals surface area contributed by atoms with Crippen molar-refractivity contribution in [3.05, 3.63) is 0 Å². The molecule has 0 bridgehead atoms. The van der Waals surface area contributed by atoms with Gasteiger partial charge in [0, 0.05) is 32.6 Å². The smallest absolute Gasteiger partial charge is 0.326 e. The summed E-state index contributed by atoms with van der Waals surface area (Å²) in [6.45, 7) is 2.08. The number of aliphatic carboxylic acids is 1. The summed E-state index contributed by atoms with van der Waals surface area (Å²) >= 11 is 1.39. The van der Waals surface area contributed by atoms with Gasteiger partial charge in [-0.15, -0.1) is 0 Å². The first-order chi connectivity index (χ1) is 27.9. The highest BCUT2D eigenvalue weighted by atomic mass is 32.2. The molecule has 2 rings (SSSR count). The van der Waals surface area contributed by atoms with Gasteiger partial charge in [0.15, 0.2) is 11.9 Å². The molecule has 0 aromatic heterocycles. The number of hydrogen-bond acceptors (Lipinski definition) is 12. The molecular weight excluding hydrogens is 793 g/mol. The summed E-state index contributed by atoms with van der Waals surface area (Å²) < 4.78 is 0. The van der Waals surface area contributed by atoms with Crippen molar-refractivity contribution in [1.82, 2.24) is 31.1 Å². The van der Waals surface area contributed by atoms with Crippen molar-refractivity contribution < 1.29 is 43.5 Å². The molecule has 2 aliphatic rings. The Morgan fingerprint density at radius 1 is 0.695 bits per heavy atom. The van der Waals surface area contributed by atoms with Crippen LogP contribution in [-0.2, 0) is 38.4 Å². The van der Waals surface area contributed by atoms with Crippen molar-refractivity contribution in [1.29, 1.82) is 0 Å². The number of likely N-dealkylation sites (tertiary alicyclic amines) is 2. The van der Waals surface area contributed by atoms with Crippen LogP contribution in [0, 0.1) is 0 Å². The molecular formula is C35H62N14O9S. The Balaban J connectivity index is 2.31. The van der Waals surface area contributed by atoms with E-state index in [4.69, 9.17) is 34.4 Å². The number of carbonyl (C=O) groups excluding carboxylic acids is 7. The summed E-state index contributed by atoms with van der Waals surface area (Å²) in [5.41, 5.74) is 32.8. The minimum absolute atomic E-state index is 0.0598. The number of thioether (sulfide) groups is 1. The van der Waals surface area contributed by atoms with Crippen LogP contribution in [-0.4, -0.2) is 155 Å². The van der Waals surface area contributed by atoms with E-state index in [9.17, 15) is 43.5 Å². The normalized spacial score (nSPS) is 18.6. The molecule has 0 aliphatic carbocycles. The van der Waals surface area contributed by atoms with Gasteiger partial charge in [-0.05, 0) is 83.1 Å². The topological polar surface area (TPSA) is 392 Å². The molecule has 24 heteroatoms. The van der Waals surface area contributed by atoms with Crippen LogP contribution in [0.15, 0.2) is 9.98 Å². The molecule has 332 valence electrons. The van der Waals surface area contributed by atoms with Crippen LogP contribution in [0.5, 0.6) is 0 Å². The maximum atomic E-state index is 14.3. The number of nitrogens with zero attached hydrogens (tertiary/aromatic N) is 4. The molecule has 2 heterocycles. The summed E-state index contributed by atoms with van der Waals surface area (Å²) in [5, 5.41) is 20.0. The van der Waals surface area contributed by atoms with Gasteiger partial charge in [0.25, 0.3) is 0 Å². The lowest BCUT2D eigenvalue weighted by molar-refractivity contribution is -0.148. The molecule has 2 aliphatic heterocycles. The van der Waals surface area contributed by atoms with E-state index < -0.39 is 89.6 Å². The molecule has 0 saturated carbocycles. The summed E-state index contributed by atoms with van der Waals surface area (Å²) in [6, 6.07) is -7.84. The standard InChI is InChI=1S/C35H62N14O9S/c1-19(36)27(51)44-20(7-3-14-42-34(38)39)28(52)46-22(8-4-15-43-35(40)41)31(55)49-17-6-10-25(49)32(56)48-16-5-9-24(48)30(54)45-21(11-12-26(37)50)29(53)47-23(33(57)58)13-18-59-2/h19-25H,3-18,36H2,1-2H3,(H2,37,50)(H,44,51)(H,45,54)(H,46,52)(H,47,53)(H,57,58)(H4,38,39,42)(H4,40,41,43)/t19-,20-,21-,22-,23-,24-,25-/m0/s1. The van der Waals surface area contributed by atoms with Crippen LogP contribution in [0.4, 0.5) is 0 Å². The number of guanidine groups is 2. The molecule has 2 fully saturated rings. The minimum Gasteiger partial charge on any atom is -0.480 e. The highest BCUT2D eigenvalue weighted by Gasteiger charge is 2.44. The lowest BCUT2D eigenvalue weighted by atomic mass is 10.1. The van der Waals surface area contributed by atoms with Gasteiger partial charge in [0.2, 0.25) is 41.4 Å². The molecule has 0 spiro atoms. The number of carbonyl (C=O) groups is 8. The number of aliphatic imine (C=N–C) groups is 2. The molecule has 7 amide bonds. The third-order valence-electron chi connectivity index (χ3n) is 9.75. The molecule has 7 atom stereocenters. The summed E-state index contributed by atoms with van der Waals surface area (Å²) in [6.07, 6.45) is 3.48. The van der Waals surface area contributed by atoms with Gasteiger partial charge < -0.3 is 70.6 Å². The van der Waals surface area contributed by atoms with Gasteiger partial charge in [-0.1, -0.05) is 0 Å². The summed E-state index contributed by atoms with van der Waals surface area (Å²) in [7, 11) is 0. The Morgan fingerprint density at radius 3 is 1.73 bits per heavy atom. The predicted molar refractivity (Wildman–Crippen MR) is 220 cm³/mol. The van der Waals surface area contributed by atoms with Crippen molar-refractivity contribution in [2.45, 2.75) is 120 Å². The number of carboxylic acids is 1. The van der Waals surface area contributed by atoms with Crippen LogP contribution >= 0.6 is 11.8 Å². The first kappa shape index (κ1) is 49.8. The van der Waals surface area contributed by atoms with Crippen molar-refractivity contribution >= 4 is 71.0 Å². The second-order valence-electron chi connectivity index (χ2n) is 14.4. The molecule has 23 nitrogen and oxygen atoms in total. The Morgan fingerprint density at radius 2 is 1.20 bits per heavy atom. The predicted octanol–water partition coefficient (Wildman–Crippen LogP) is -4.53. The fourth-order valence-corrected chi connectivity index (χ4v) is 7.15. The van der Waals surface area contributed by atoms with Gasteiger partial charge in [-0.3, -0.25) is 43.5 Å². The van der Waals surface area contributed by atoms with Gasteiger partial charge in [-0.25, -0.2) is 4.79 Å². The third kappa shape index (κ3) is 16.8. The Bertz CT molecular complexity index is 1560. The van der Waals surface area contributed by atoms with Crippen molar-refractivity contribution in [3.8, 4) is 0 Å². The Labute approximate surface area is 347 Å². The first-order valence-electron chi connectivity index (χ1n) is 19.6. The molecule has 0 unspecified atom stereocenters. The number of nitrogens with two attached hydrogens (primary N) is 6. The van der Waals surface area contributed by atoms with Gasteiger partial charge in [0.05, 0.1) is 6.04 Å². The fraction of sp³-hybridized carbons (Fsp3) is 0.714. The first-order valence-corrected chi connectivity index (χ1v) is 21.0. The number of rotatable bonds is 25. The number of nitrogens with one attached hydrogen (secondary N) is 4. The lowest BCUT2D eigenvalue weighted by Gasteiger charge is -2.33. The highest BCUT2D eigenvalue weighted by Crippen LogP contribution is 2.26. The van der Waals surface area contributed by atoms with E-state index >= 15 is 0 Å². The van der Waals surface area contributed by atoms with E-state index in [-0.39, 0.29) is 89.5 Å². The van der Waals surface area contributed by atoms with E-state index in [2.05, 4.69) is 31.3 Å². The molecule has 59 heavy (non-hydrogen) atoms. The molecule has 0 radical (unpaired) electrons. The average molecular weight is 855 g/mol. The summed E-state index contributed by atoms with van der Waals surface area (Å²) in [5.74, 6) is -5.77. The second-order valence-corrected chi connectivity index (χ2v) is 15.4.